The number of aliphatic hydroxyl groups excluding tert-OH is 1. The van der Waals surface area contributed by atoms with Gasteiger partial charge in [0.15, 0.2) is 5.96 Å². The maximum Gasteiger partial charge on any atom is 0.326 e. The predicted octanol–water partition coefficient (Wildman–Crippen LogP) is -4.30. The van der Waals surface area contributed by atoms with Crippen LogP contribution in [-0.2, 0) is 60.8 Å². The van der Waals surface area contributed by atoms with Gasteiger partial charge in [-0.05, 0) is 92.8 Å². The maximum atomic E-state index is 14.2. The highest BCUT2D eigenvalue weighted by Crippen LogP contribution is 2.20. The SMILES string of the molecule is CC(C)C[C@H](NC(=O)[C@H](Cc1ccc(O)cc1)NC(=O)[C@H](CCCN=C(N)N)NC(=O)[C@@H]1CCCN1)C(=O)NCC(=O)N[C@@H](CC(N)=O)C(=O)N[C@@H](CO)C(=O)N1CCC[C@H]1C(=O)N[C@@H](Cc1ccc(O)cc1)C(=O)O. The number of nitrogens with zero attached hydrogens (tertiary/aromatic N) is 2. The summed E-state index contributed by atoms with van der Waals surface area (Å²) in [5, 5.41) is 60.1. The van der Waals surface area contributed by atoms with Crippen molar-refractivity contribution in [1.29, 1.82) is 0 Å². The highest BCUT2D eigenvalue weighted by atomic mass is 16.4. The normalized spacial score (nSPS) is 17.3. The predicted molar refractivity (Wildman–Crippen MR) is 272 cm³/mol. The van der Waals surface area contributed by atoms with Crippen LogP contribution in [0.4, 0.5) is 0 Å². The molecule has 0 radical (unpaired) electrons. The molecule has 2 fully saturated rings. The average Bonchev–Trinajstić information content (AvgIpc) is 4.10. The average molecular weight is 1070 g/mol. The smallest absolute Gasteiger partial charge is 0.326 e. The number of carboxylic acid groups (broad SMARTS) is 1. The largest absolute Gasteiger partial charge is 0.508 e. The first-order valence-electron chi connectivity index (χ1n) is 24.9. The zero-order valence-corrected chi connectivity index (χ0v) is 42.4. The molecule has 2 heterocycles. The summed E-state index contributed by atoms with van der Waals surface area (Å²) in [4.78, 5) is 138. The van der Waals surface area contributed by atoms with Gasteiger partial charge in [0, 0.05) is 25.9 Å². The van der Waals surface area contributed by atoms with E-state index in [1.165, 1.54) is 48.5 Å². The van der Waals surface area contributed by atoms with E-state index in [0.29, 0.717) is 30.5 Å². The number of amides is 9. The van der Waals surface area contributed by atoms with Crippen LogP contribution in [0.25, 0.3) is 0 Å². The molecule has 2 aliphatic heterocycles. The van der Waals surface area contributed by atoms with E-state index in [0.717, 1.165) is 11.3 Å². The number of aliphatic carboxylic acids is 1. The number of nitrogens with one attached hydrogen (secondary N) is 8. The molecule has 2 aromatic rings. The molecule has 0 saturated carbocycles. The van der Waals surface area contributed by atoms with Crippen LogP contribution < -0.4 is 59.7 Å². The first-order chi connectivity index (χ1) is 36.0. The lowest BCUT2D eigenvalue weighted by Gasteiger charge is -2.29. The zero-order chi connectivity index (χ0) is 56.1. The molecule has 2 aromatic carbocycles. The molecule has 0 unspecified atom stereocenters. The number of likely N-dealkylation sites (tertiary alicyclic amines) is 1. The van der Waals surface area contributed by atoms with Crippen molar-refractivity contribution < 1.29 is 68.4 Å². The summed E-state index contributed by atoms with van der Waals surface area (Å²) in [7, 11) is 0. The number of carbonyl (C=O) groups excluding carboxylic acids is 9. The van der Waals surface area contributed by atoms with Crippen molar-refractivity contribution in [1.82, 2.24) is 47.4 Å². The van der Waals surface area contributed by atoms with E-state index in [9.17, 15) is 68.4 Å². The number of carboxylic acids is 1. The topological polar surface area (TPSA) is 442 Å². The molecule has 2 saturated heterocycles. The second-order valence-electron chi connectivity index (χ2n) is 19.0. The van der Waals surface area contributed by atoms with Gasteiger partial charge in [0.25, 0.3) is 0 Å². The van der Waals surface area contributed by atoms with Crippen LogP contribution in [0.3, 0.4) is 0 Å². The van der Waals surface area contributed by atoms with Crippen LogP contribution in [0, 0.1) is 5.92 Å². The monoisotopic (exact) mass is 1070 g/mol. The Hall–Kier alpha value is -8.07. The van der Waals surface area contributed by atoms with Gasteiger partial charge in [-0.2, -0.15) is 0 Å². The summed E-state index contributed by atoms with van der Waals surface area (Å²) in [6, 6.07) is 1.09. The molecule has 8 atom stereocenters. The third-order valence-corrected chi connectivity index (χ3v) is 12.4. The number of carbonyl (C=O) groups is 10. The lowest BCUT2D eigenvalue weighted by atomic mass is 10.0. The molecule has 416 valence electrons. The van der Waals surface area contributed by atoms with Gasteiger partial charge in [-0.15, -0.1) is 0 Å². The van der Waals surface area contributed by atoms with Gasteiger partial charge >= 0.3 is 5.97 Å². The standard InChI is InChI=1S/C49H71N13O14/c1-26(2)20-33(58-44(71)34(21-27-9-13-29(64)14-10-27)59-43(70)32(7-4-18-54-49(51)52)57-42(69)31-6-3-17-53-31)41(68)55-24-40(67)56-35(23-39(50)66)45(72)61-37(25-63)47(74)62-19-5-8-38(62)46(73)60-36(48(75)76)22-28-11-15-30(65)16-12-28/h9-16,26,31-38,53,63-65H,3-8,17-25H2,1-2H3,(H2,50,66)(H,55,68)(H,56,67)(H,57,69)(H,58,71)(H,59,70)(H,60,73)(H,61,72)(H,75,76)(H4,51,52,54)/t31-,32-,33-,34-,35-,36-,37-,38-/m0/s1. The highest BCUT2D eigenvalue weighted by molar-refractivity contribution is 5.98. The van der Waals surface area contributed by atoms with E-state index in [2.05, 4.69) is 47.5 Å². The number of aromatic hydroxyl groups is 2. The Kier molecular flexibility index (Phi) is 23.7. The van der Waals surface area contributed by atoms with E-state index in [1.807, 2.05) is 0 Å². The molecule has 76 heavy (non-hydrogen) atoms. The first kappa shape index (κ1) is 60.5. The molecule has 18 N–H and O–H groups in total. The molecule has 27 nitrogen and oxygen atoms in total. The fourth-order valence-electron chi connectivity index (χ4n) is 8.52. The van der Waals surface area contributed by atoms with Crippen molar-refractivity contribution in [3.05, 3.63) is 59.7 Å². The molecular weight excluding hydrogens is 995 g/mol. The fourth-order valence-corrected chi connectivity index (χ4v) is 8.52. The van der Waals surface area contributed by atoms with Gasteiger partial charge in [0.1, 0.15) is 53.8 Å². The highest BCUT2D eigenvalue weighted by Gasteiger charge is 2.40. The zero-order valence-electron chi connectivity index (χ0n) is 42.4. The van der Waals surface area contributed by atoms with Gasteiger partial charge in [0.2, 0.25) is 53.2 Å². The van der Waals surface area contributed by atoms with Crippen LogP contribution in [0.1, 0.15) is 76.3 Å². The minimum atomic E-state index is -1.75. The van der Waals surface area contributed by atoms with Crippen molar-refractivity contribution >= 4 is 65.1 Å². The summed E-state index contributed by atoms with van der Waals surface area (Å²) < 4.78 is 0. The van der Waals surface area contributed by atoms with Gasteiger partial charge < -0.3 is 85.1 Å². The molecule has 2 aliphatic rings. The summed E-state index contributed by atoms with van der Waals surface area (Å²) >= 11 is 0. The minimum Gasteiger partial charge on any atom is -0.508 e. The Morgan fingerprint density at radius 3 is 1.80 bits per heavy atom. The molecular formula is C49H71N13O14. The summed E-state index contributed by atoms with van der Waals surface area (Å²) in [5.41, 5.74) is 17.3. The Labute approximate surface area is 438 Å². The Bertz CT molecular complexity index is 2400. The fraction of sp³-hybridized carbons (Fsp3) is 0.531. The Balaban J connectivity index is 1.42. The minimum absolute atomic E-state index is 0.00650. The number of primary amides is 1. The maximum absolute atomic E-state index is 14.2. The molecule has 0 aliphatic carbocycles. The number of hydrogen-bond donors (Lipinski definition) is 15. The number of nitrogens with two attached hydrogens (primary N) is 3. The second-order valence-corrected chi connectivity index (χ2v) is 19.0. The van der Waals surface area contributed by atoms with Crippen molar-refractivity contribution in [2.75, 3.05) is 32.8 Å². The van der Waals surface area contributed by atoms with Gasteiger partial charge in [-0.25, -0.2) is 4.79 Å². The van der Waals surface area contributed by atoms with Crippen LogP contribution >= 0.6 is 0 Å². The second kappa shape index (κ2) is 29.7. The number of phenols is 2. The quantitative estimate of drug-likeness (QED) is 0.0208. The summed E-state index contributed by atoms with van der Waals surface area (Å²) in [6.07, 6.45) is 1.02. The van der Waals surface area contributed by atoms with Gasteiger partial charge in [-0.1, -0.05) is 38.1 Å². The number of guanidine groups is 1. The molecule has 9 amide bonds. The Morgan fingerprint density at radius 1 is 0.684 bits per heavy atom. The van der Waals surface area contributed by atoms with Crippen molar-refractivity contribution in [2.45, 2.75) is 126 Å². The third kappa shape index (κ3) is 19.7. The number of hydrogen-bond acceptors (Lipinski definition) is 15. The van der Waals surface area contributed by atoms with E-state index in [4.69, 9.17) is 17.2 Å². The number of phenolic OH excluding ortho intramolecular Hbond substituents is 2. The van der Waals surface area contributed by atoms with Crippen molar-refractivity contribution in [3.8, 4) is 11.5 Å². The number of benzene rings is 2. The third-order valence-electron chi connectivity index (χ3n) is 12.4. The molecule has 0 bridgehead atoms. The summed E-state index contributed by atoms with van der Waals surface area (Å²) in [6.45, 7) is 2.46. The Morgan fingerprint density at radius 2 is 1.25 bits per heavy atom. The van der Waals surface area contributed by atoms with Crippen LogP contribution in [-0.4, -0.2) is 172 Å². The molecule has 27 heteroatoms. The van der Waals surface area contributed by atoms with E-state index in [-0.39, 0.29) is 75.0 Å². The molecule has 4 rings (SSSR count). The number of aliphatic imine (C=N–C) groups is 1. The van der Waals surface area contributed by atoms with E-state index < -0.39 is 127 Å². The van der Waals surface area contributed by atoms with Crippen molar-refractivity contribution in [3.63, 3.8) is 0 Å². The molecule has 0 aromatic heterocycles. The lowest BCUT2D eigenvalue weighted by Crippen LogP contribution is -2.59. The number of rotatable bonds is 29. The van der Waals surface area contributed by atoms with E-state index >= 15 is 0 Å². The van der Waals surface area contributed by atoms with Crippen molar-refractivity contribution in [2.24, 2.45) is 28.1 Å². The molecule has 0 spiro atoms. The van der Waals surface area contributed by atoms with E-state index in [1.54, 1.807) is 13.8 Å². The lowest BCUT2D eigenvalue weighted by molar-refractivity contribution is -0.145. The number of aliphatic hydroxyl groups is 1. The summed E-state index contributed by atoms with van der Waals surface area (Å²) in [5.74, 6) is -9.66. The first-order valence-corrected chi connectivity index (χ1v) is 24.9. The van der Waals surface area contributed by atoms with Crippen LogP contribution in [0.15, 0.2) is 53.5 Å². The van der Waals surface area contributed by atoms with Crippen LogP contribution in [0.2, 0.25) is 0 Å². The van der Waals surface area contributed by atoms with Gasteiger partial charge in [-0.3, -0.25) is 48.1 Å². The van der Waals surface area contributed by atoms with Crippen LogP contribution in [0.5, 0.6) is 11.5 Å². The van der Waals surface area contributed by atoms with Gasteiger partial charge in [0.05, 0.1) is 25.6 Å².